The molecule has 4 rings (SSSR count). The molecule has 0 aliphatic carbocycles. The molecule has 0 radical (unpaired) electrons. The van der Waals surface area contributed by atoms with Gasteiger partial charge in [0.1, 0.15) is 0 Å². The van der Waals surface area contributed by atoms with Crippen LogP contribution in [0.25, 0.3) is 0 Å². The molecule has 0 aromatic heterocycles. The van der Waals surface area contributed by atoms with Crippen molar-refractivity contribution in [2.45, 2.75) is 5.41 Å². The summed E-state index contributed by atoms with van der Waals surface area (Å²) in [7, 11) is 0. The third-order valence-electron chi connectivity index (χ3n) is 5.31. The van der Waals surface area contributed by atoms with Crippen molar-refractivity contribution in [2.75, 3.05) is 0 Å². The molecule has 0 heterocycles. The molecule has 4 aromatic rings. The Kier molecular flexibility index (Phi) is 4.93. The van der Waals surface area contributed by atoms with Gasteiger partial charge in [-0.2, -0.15) is 10.5 Å². The molecule has 29 heavy (non-hydrogen) atoms. The highest BCUT2D eigenvalue weighted by molar-refractivity contribution is 5.60. The van der Waals surface area contributed by atoms with Crippen molar-refractivity contribution in [3.63, 3.8) is 0 Å². The number of nitriles is 2. The van der Waals surface area contributed by atoms with Gasteiger partial charge < -0.3 is 0 Å². The molecule has 4 aromatic carbocycles. The van der Waals surface area contributed by atoms with Crippen LogP contribution in [0.15, 0.2) is 109 Å². The Hall–Kier alpha value is -4.14. The van der Waals surface area contributed by atoms with Crippen molar-refractivity contribution in [2.24, 2.45) is 0 Å². The van der Waals surface area contributed by atoms with Crippen molar-refractivity contribution in [1.29, 1.82) is 10.5 Å². The second-order valence-corrected chi connectivity index (χ2v) is 6.86. The first-order valence-corrected chi connectivity index (χ1v) is 9.41. The molecule has 0 amide bonds. The van der Waals surface area contributed by atoms with Gasteiger partial charge in [0.25, 0.3) is 0 Å². The average Bonchev–Trinajstić information content (AvgIpc) is 2.82. The summed E-state index contributed by atoms with van der Waals surface area (Å²) < 4.78 is 0. The number of hydrogen-bond acceptors (Lipinski definition) is 2. The monoisotopic (exact) mass is 370 g/mol. The first-order valence-electron chi connectivity index (χ1n) is 9.41. The first kappa shape index (κ1) is 18.2. The fourth-order valence-corrected chi connectivity index (χ4v) is 3.97. The van der Waals surface area contributed by atoms with Crippen LogP contribution in [0.2, 0.25) is 0 Å². The molecule has 0 N–H and O–H groups in total. The van der Waals surface area contributed by atoms with E-state index >= 15 is 0 Å². The van der Waals surface area contributed by atoms with Gasteiger partial charge in [0.15, 0.2) is 0 Å². The zero-order valence-corrected chi connectivity index (χ0v) is 15.8. The lowest BCUT2D eigenvalue weighted by Crippen LogP contribution is -2.31. The standard InChI is InChI=1S/C27H18N2/c28-19-21-11-15-25(16-12-21)27(23-7-3-1-4-8-23,24-9-5-2-6-10-24)26-17-13-22(20-29)14-18-26/h1-18H. The second kappa shape index (κ2) is 7.85. The third-order valence-corrected chi connectivity index (χ3v) is 5.31. The van der Waals surface area contributed by atoms with Crippen LogP contribution in [0.3, 0.4) is 0 Å². The number of hydrogen-bond donors (Lipinski definition) is 0. The van der Waals surface area contributed by atoms with Crippen LogP contribution >= 0.6 is 0 Å². The molecule has 0 saturated heterocycles. The fourth-order valence-electron chi connectivity index (χ4n) is 3.97. The smallest absolute Gasteiger partial charge is 0.0991 e. The number of rotatable bonds is 4. The fraction of sp³-hybridized carbons (Fsp3) is 0.0370. The summed E-state index contributed by atoms with van der Waals surface area (Å²) in [4.78, 5) is 0. The first-order chi connectivity index (χ1) is 14.3. The van der Waals surface area contributed by atoms with Gasteiger partial charge in [0, 0.05) is 0 Å². The van der Waals surface area contributed by atoms with Gasteiger partial charge in [-0.05, 0) is 46.5 Å². The molecule has 0 unspecified atom stereocenters. The molecular weight excluding hydrogens is 352 g/mol. The summed E-state index contributed by atoms with van der Waals surface area (Å²) in [6, 6.07) is 40.7. The lowest BCUT2D eigenvalue weighted by atomic mass is 9.65. The van der Waals surface area contributed by atoms with Gasteiger partial charge in [-0.3, -0.25) is 0 Å². The van der Waals surface area contributed by atoms with Crippen molar-refractivity contribution in [1.82, 2.24) is 0 Å². The largest absolute Gasteiger partial charge is 0.192 e. The van der Waals surface area contributed by atoms with E-state index in [9.17, 15) is 10.5 Å². The van der Waals surface area contributed by atoms with Gasteiger partial charge in [0.05, 0.1) is 28.7 Å². The molecule has 0 aliphatic rings. The van der Waals surface area contributed by atoms with Crippen LogP contribution in [0.4, 0.5) is 0 Å². The minimum atomic E-state index is -0.565. The zero-order valence-electron chi connectivity index (χ0n) is 15.8. The maximum atomic E-state index is 9.26. The molecular formula is C27H18N2. The molecule has 136 valence electrons. The van der Waals surface area contributed by atoms with Gasteiger partial charge in [-0.15, -0.1) is 0 Å². The summed E-state index contributed by atoms with van der Waals surface area (Å²) >= 11 is 0. The van der Waals surface area contributed by atoms with E-state index in [2.05, 4.69) is 36.4 Å². The molecule has 2 nitrogen and oxygen atoms in total. The Morgan fingerprint density at radius 1 is 0.414 bits per heavy atom. The Labute approximate surface area is 170 Å². The summed E-state index contributed by atoms with van der Waals surface area (Å²) in [5.74, 6) is 0. The molecule has 0 aliphatic heterocycles. The van der Waals surface area contributed by atoms with E-state index in [1.807, 2.05) is 84.9 Å². The normalized spacial score (nSPS) is 10.7. The number of nitrogens with zero attached hydrogens (tertiary/aromatic N) is 2. The summed E-state index contributed by atoms with van der Waals surface area (Å²) in [6.07, 6.45) is 0. The van der Waals surface area contributed by atoms with Crippen LogP contribution in [0.5, 0.6) is 0 Å². The highest BCUT2D eigenvalue weighted by atomic mass is 14.4. The minimum Gasteiger partial charge on any atom is -0.192 e. The van der Waals surface area contributed by atoms with E-state index < -0.39 is 5.41 Å². The number of benzene rings is 4. The lowest BCUT2D eigenvalue weighted by molar-refractivity contribution is 0.745. The quantitative estimate of drug-likeness (QED) is 0.425. The molecule has 2 heteroatoms. The Morgan fingerprint density at radius 3 is 1.03 bits per heavy atom. The predicted molar refractivity (Wildman–Crippen MR) is 114 cm³/mol. The van der Waals surface area contributed by atoms with E-state index in [-0.39, 0.29) is 0 Å². The van der Waals surface area contributed by atoms with Gasteiger partial charge in [-0.1, -0.05) is 84.9 Å². The molecule has 0 spiro atoms. The van der Waals surface area contributed by atoms with Gasteiger partial charge in [-0.25, -0.2) is 0 Å². The summed E-state index contributed by atoms with van der Waals surface area (Å²) in [6.45, 7) is 0. The Morgan fingerprint density at radius 2 is 0.724 bits per heavy atom. The van der Waals surface area contributed by atoms with Crippen LogP contribution < -0.4 is 0 Å². The minimum absolute atomic E-state index is 0.565. The molecule has 0 atom stereocenters. The Bertz CT molecular complexity index is 1080. The highest BCUT2D eigenvalue weighted by Gasteiger charge is 2.38. The molecule has 0 saturated carbocycles. The zero-order chi connectivity index (χ0) is 20.1. The maximum absolute atomic E-state index is 9.26. The summed E-state index contributed by atoms with van der Waals surface area (Å²) in [5, 5.41) is 18.5. The van der Waals surface area contributed by atoms with E-state index in [1.165, 1.54) is 0 Å². The molecule has 0 bridgehead atoms. The molecule has 0 fully saturated rings. The predicted octanol–water partition coefficient (Wildman–Crippen LogP) is 5.81. The van der Waals surface area contributed by atoms with E-state index in [0.29, 0.717) is 11.1 Å². The van der Waals surface area contributed by atoms with Crippen molar-refractivity contribution in [3.8, 4) is 12.1 Å². The van der Waals surface area contributed by atoms with Crippen molar-refractivity contribution < 1.29 is 0 Å². The van der Waals surface area contributed by atoms with E-state index in [0.717, 1.165) is 22.3 Å². The van der Waals surface area contributed by atoms with E-state index in [1.54, 1.807) is 0 Å². The third kappa shape index (κ3) is 3.18. The van der Waals surface area contributed by atoms with Crippen LogP contribution in [0.1, 0.15) is 33.4 Å². The van der Waals surface area contributed by atoms with Gasteiger partial charge >= 0.3 is 0 Å². The van der Waals surface area contributed by atoms with E-state index in [4.69, 9.17) is 0 Å². The van der Waals surface area contributed by atoms with Gasteiger partial charge in [0.2, 0.25) is 0 Å². The van der Waals surface area contributed by atoms with Crippen LogP contribution in [-0.4, -0.2) is 0 Å². The van der Waals surface area contributed by atoms with Crippen LogP contribution in [0, 0.1) is 22.7 Å². The second-order valence-electron chi connectivity index (χ2n) is 6.86. The maximum Gasteiger partial charge on any atom is 0.0991 e. The van der Waals surface area contributed by atoms with Crippen molar-refractivity contribution >= 4 is 0 Å². The Balaban J connectivity index is 2.10. The topological polar surface area (TPSA) is 47.6 Å². The highest BCUT2D eigenvalue weighted by Crippen LogP contribution is 2.45. The lowest BCUT2D eigenvalue weighted by Gasteiger charge is -2.36. The summed E-state index contributed by atoms with van der Waals surface area (Å²) in [5.41, 5.74) is 5.08. The van der Waals surface area contributed by atoms with Crippen LogP contribution in [-0.2, 0) is 5.41 Å². The SMILES string of the molecule is N#Cc1ccc(C(c2ccccc2)(c2ccccc2)c2ccc(C#N)cc2)cc1. The average molecular weight is 370 g/mol. The van der Waals surface area contributed by atoms with Crippen molar-refractivity contribution in [3.05, 3.63) is 143 Å².